The first-order valence-corrected chi connectivity index (χ1v) is 9.98. The molecule has 1 fully saturated rings. The smallest absolute Gasteiger partial charge is 0.260 e. The SMILES string of the molecule is CCc1ccc(OCC(=O)N2CCN(c3ccccc3OC)CC2)c(Br)c1. The summed E-state index contributed by atoms with van der Waals surface area (Å²) >= 11 is 3.51. The number of methoxy groups -OCH3 is 1. The number of halogens is 1. The van der Waals surface area contributed by atoms with E-state index in [2.05, 4.69) is 33.8 Å². The number of aryl methyl sites for hydroxylation is 1. The standard InChI is InChI=1S/C21H25BrN2O3/c1-3-16-8-9-19(17(22)14-16)27-15-21(25)24-12-10-23(11-13-24)18-6-4-5-7-20(18)26-2/h4-9,14H,3,10-13,15H2,1-2H3. The summed E-state index contributed by atoms with van der Waals surface area (Å²) in [6.07, 6.45) is 0.967. The van der Waals surface area contributed by atoms with Crippen LogP contribution in [0.1, 0.15) is 12.5 Å². The average Bonchev–Trinajstić information content (AvgIpc) is 2.72. The third-order valence-electron chi connectivity index (χ3n) is 4.81. The fraction of sp³-hybridized carbons (Fsp3) is 0.381. The number of para-hydroxylation sites is 2. The van der Waals surface area contributed by atoms with Gasteiger partial charge in [-0.05, 0) is 52.2 Å². The summed E-state index contributed by atoms with van der Waals surface area (Å²) in [5, 5.41) is 0. The molecule has 0 unspecified atom stereocenters. The maximum Gasteiger partial charge on any atom is 0.260 e. The first kappa shape index (κ1) is 19.5. The highest BCUT2D eigenvalue weighted by Gasteiger charge is 2.23. The van der Waals surface area contributed by atoms with E-state index in [1.807, 2.05) is 41.3 Å². The van der Waals surface area contributed by atoms with Crippen molar-refractivity contribution in [3.8, 4) is 11.5 Å². The minimum Gasteiger partial charge on any atom is -0.495 e. The minimum atomic E-state index is 0.0149. The van der Waals surface area contributed by atoms with Gasteiger partial charge < -0.3 is 19.3 Å². The monoisotopic (exact) mass is 432 g/mol. The molecule has 2 aromatic carbocycles. The van der Waals surface area contributed by atoms with E-state index in [4.69, 9.17) is 9.47 Å². The quantitative estimate of drug-likeness (QED) is 0.696. The number of anilines is 1. The number of carbonyl (C=O) groups is 1. The summed E-state index contributed by atoms with van der Waals surface area (Å²) in [5.74, 6) is 1.58. The third-order valence-corrected chi connectivity index (χ3v) is 5.43. The van der Waals surface area contributed by atoms with E-state index >= 15 is 0 Å². The Bertz CT molecular complexity index is 789. The summed E-state index contributed by atoms with van der Waals surface area (Å²) in [4.78, 5) is 16.6. The average molecular weight is 433 g/mol. The van der Waals surface area contributed by atoms with Crippen LogP contribution in [0.2, 0.25) is 0 Å². The predicted octanol–water partition coefficient (Wildman–Crippen LogP) is 3.75. The van der Waals surface area contributed by atoms with Crippen LogP contribution in [0.15, 0.2) is 46.9 Å². The van der Waals surface area contributed by atoms with Crippen LogP contribution in [0.4, 0.5) is 5.69 Å². The van der Waals surface area contributed by atoms with E-state index in [0.717, 1.165) is 35.4 Å². The summed E-state index contributed by atoms with van der Waals surface area (Å²) < 4.78 is 12.1. The van der Waals surface area contributed by atoms with Crippen LogP contribution in [0.5, 0.6) is 11.5 Å². The van der Waals surface area contributed by atoms with Gasteiger partial charge in [0.15, 0.2) is 6.61 Å². The normalized spacial score (nSPS) is 14.2. The molecule has 144 valence electrons. The minimum absolute atomic E-state index is 0.0149. The highest BCUT2D eigenvalue weighted by atomic mass is 79.9. The van der Waals surface area contributed by atoms with Gasteiger partial charge in [-0.2, -0.15) is 0 Å². The van der Waals surface area contributed by atoms with Crippen molar-refractivity contribution < 1.29 is 14.3 Å². The fourth-order valence-corrected chi connectivity index (χ4v) is 3.74. The number of amides is 1. The molecule has 0 radical (unpaired) electrons. The number of ether oxygens (including phenoxy) is 2. The van der Waals surface area contributed by atoms with Crippen LogP contribution < -0.4 is 14.4 Å². The Morgan fingerprint density at radius 1 is 1.07 bits per heavy atom. The number of nitrogens with zero attached hydrogens (tertiary/aromatic N) is 2. The van der Waals surface area contributed by atoms with E-state index in [1.165, 1.54) is 5.56 Å². The number of hydrogen-bond donors (Lipinski definition) is 0. The fourth-order valence-electron chi connectivity index (χ4n) is 3.20. The number of piperazine rings is 1. The molecule has 0 atom stereocenters. The maximum atomic E-state index is 12.5. The van der Waals surface area contributed by atoms with Gasteiger partial charge in [-0.3, -0.25) is 4.79 Å². The Balaban J connectivity index is 1.53. The molecular weight excluding hydrogens is 408 g/mol. The van der Waals surface area contributed by atoms with Gasteiger partial charge in [-0.15, -0.1) is 0 Å². The Labute approximate surface area is 169 Å². The van der Waals surface area contributed by atoms with Crippen LogP contribution in [0.3, 0.4) is 0 Å². The van der Waals surface area contributed by atoms with Crippen LogP contribution in [0.25, 0.3) is 0 Å². The molecule has 0 saturated carbocycles. The lowest BCUT2D eigenvalue weighted by molar-refractivity contribution is -0.133. The molecule has 1 heterocycles. The number of hydrogen-bond acceptors (Lipinski definition) is 4. The molecule has 0 spiro atoms. The van der Waals surface area contributed by atoms with Crippen molar-refractivity contribution in [3.05, 3.63) is 52.5 Å². The van der Waals surface area contributed by atoms with E-state index < -0.39 is 0 Å². The molecule has 0 aromatic heterocycles. The molecule has 3 rings (SSSR count). The van der Waals surface area contributed by atoms with Gasteiger partial charge in [0.2, 0.25) is 0 Å². The second kappa shape index (κ2) is 9.13. The lowest BCUT2D eigenvalue weighted by atomic mass is 10.2. The molecule has 1 amide bonds. The second-order valence-corrected chi connectivity index (χ2v) is 7.30. The largest absolute Gasteiger partial charge is 0.495 e. The van der Waals surface area contributed by atoms with Crippen molar-refractivity contribution in [2.75, 3.05) is 44.8 Å². The topological polar surface area (TPSA) is 42.0 Å². The zero-order valence-corrected chi connectivity index (χ0v) is 17.4. The highest BCUT2D eigenvalue weighted by molar-refractivity contribution is 9.10. The molecular formula is C21H25BrN2O3. The number of carbonyl (C=O) groups excluding carboxylic acids is 1. The first-order valence-electron chi connectivity index (χ1n) is 9.19. The molecule has 2 aromatic rings. The molecule has 0 N–H and O–H groups in total. The Kier molecular flexibility index (Phi) is 6.61. The van der Waals surface area contributed by atoms with Crippen LogP contribution in [-0.2, 0) is 11.2 Å². The number of benzene rings is 2. The zero-order valence-electron chi connectivity index (χ0n) is 15.8. The van der Waals surface area contributed by atoms with Gasteiger partial charge in [-0.25, -0.2) is 0 Å². The molecule has 1 saturated heterocycles. The summed E-state index contributed by atoms with van der Waals surface area (Å²) in [6.45, 7) is 5.07. The first-order chi connectivity index (χ1) is 13.1. The van der Waals surface area contributed by atoms with E-state index in [9.17, 15) is 4.79 Å². The third kappa shape index (κ3) is 4.75. The zero-order chi connectivity index (χ0) is 19.2. The lowest BCUT2D eigenvalue weighted by Gasteiger charge is -2.36. The second-order valence-electron chi connectivity index (χ2n) is 6.45. The van der Waals surface area contributed by atoms with E-state index in [-0.39, 0.29) is 12.5 Å². The van der Waals surface area contributed by atoms with Crippen molar-refractivity contribution in [1.82, 2.24) is 4.90 Å². The molecule has 1 aliphatic rings. The van der Waals surface area contributed by atoms with Crippen molar-refractivity contribution in [2.24, 2.45) is 0 Å². The summed E-state index contributed by atoms with van der Waals surface area (Å²) in [5.41, 5.74) is 2.30. The molecule has 5 nitrogen and oxygen atoms in total. The number of rotatable bonds is 6. The molecule has 6 heteroatoms. The molecule has 0 bridgehead atoms. The highest BCUT2D eigenvalue weighted by Crippen LogP contribution is 2.29. The van der Waals surface area contributed by atoms with Crippen molar-refractivity contribution in [3.63, 3.8) is 0 Å². The van der Waals surface area contributed by atoms with E-state index in [0.29, 0.717) is 18.8 Å². The van der Waals surface area contributed by atoms with Gasteiger partial charge >= 0.3 is 0 Å². The molecule has 1 aliphatic heterocycles. The van der Waals surface area contributed by atoms with E-state index in [1.54, 1.807) is 7.11 Å². The molecule has 27 heavy (non-hydrogen) atoms. The van der Waals surface area contributed by atoms with Crippen LogP contribution in [-0.4, -0.2) is 50.7 Å². The van der Waals surface area contributed by atoms with Gasteiger partial charge in [0, 0.05) is 26.2 Å². The maximum absolute atomic E-state index is 12.5. The molecule has 0 aliphatic carbocycles. The van der Waals surface area contributed by atoms with Gasteiger partial charge in [0.1, 0.15) is 11.5 Å². The Morgan fingerprint density at radius 3 is 2.48 bits per heavy atom. The van der Waals surface area contributed by atoms with Gasteiger partial charge in [0.05, 0.1) is 17.3 Å². The van der Waals surface area contributed by atoms with Crippen molar-refractivity contribution in [1.29, 1.82) is 0 Å². The summed E-state index contributed by atoms with van der Waals surface area (Å²) in [6, 6.07) is 14.0. The predicted molar refractivity (Wildman–Crippen MR) is 111 cm³/mol. The van der Waals surface area contributed by atoms with Gasteiger partial charge in [-0.1, -0.05) is 25.1 Å². The van der Waals surface area contributed by atoms with Crippen LogP contribution >= 0.6 is 15.9 Å². The van der Waals surface area contributed by atoms with Crippen molar-refractivity contribution in [2.45, 2.75) is 13.3 Å². The van der Waals surface area contributed by atoms with Crippen LogP contribution in [0, 0.1) is 0 Å². The van der Waals surface area contributed by atoms with Gasteiger partial charge in [0.25, 0.3) is 5.91 Å². The van der Waals surface area contributed by atoms with Crippen molar-refractivity contribution >= 4 is 27.5 Å². The lowest BCUT2D eigenvalue weighted by Crippen LogP contribution is -2.50. The summed E-state index contributed by atoms with van der Waals surface area (Å²) in [7, 11) is 1.68. The Hall–Kier alpha value is -2.21. The Morgan fingerprint density at radius 2 is 1.81 bits per heavy atom.